The maximum Gasteiger partial charge on any atom is 0.151 e. The molecule has 2 aromatic rings. The smallest absolute Gasteiger partial charge is 0.151 e. The van der Waals surface area contributed by atoms with E-state index < -0.39 is 0 Å². The van der Waals surface area contributed by atoms with Crippen molar-refractivity contribution >= 4 is 21.6 Å². The van der Waals surface area contributed by atoms with E-state index in [1.54, 1.807) is 18.2 Å². The molecule has 0 bridgehead atoms. The molecule has 0 unspecified atom stereocenters. The van der Waals surface area contributed by atoms with Crippen molar-refractivity contribution in [2.45, 2.75) is 13.8 Å². The lowest BCUT2D eigenvalue weighted by Gasteiger charge is -2.14. The molecule has 0 aliphatic rings. The summed E-state index contributed by atoms with van der Waals surface area (Å²) in [7, 11) is 0. The number of aryl methyl sites for hydroxylation is 2. The lowest BCUT2D eigenvalue weighted by Crippen LogP contribution is -1.96. The molecule has 0 amide bonds. The summed E-state index contributed by atoms with van der Waals surface area (Å²) in [6.45, 7) is 3.83. The van der Waals surface area contributed by atoms with Crippen molar-refractivity contribution in [1.82, 2.24) is 0 Å². The number of rotatable bonds is 2. The van der Waals surface area contributed by atoms with Crippen LogP contribution in [0.1, 0.15) is 16.7 Å². The molecule has 2 aromatic carbocycles. The first kappa shape index (κ1) is 13.4. The molecule has 0 fully saturated rings. The van der Waals surface area contributed by atoms with E-state index in [-0.39, 0.29) is 0 Å². The Morgan fingerprint density at radius 1 is 1.16 bits per heavy atom. The zero-order valence-corrected chi connectivity index (χ0v) is 12.3. The summed E-state index contributed by atoms with van der Waals surface area (Å²) in [5, 5.41) is 8.93. The van der Waals surface area contributed by atoms with Gasteiger partial charge in [-0.25, -0.2) is 0 Å². The average molecular weight is 317 g/mol. The van der Waals surface area contributed by atoms with Crippen LogP contribution in [0.15, 0.2) is 34.8 Å². The fourth-order valence-corrected chi connectivity index (χ4v) is 2.22. The predicted molar refractivity (Wildman–Crippen MR) is 79.3 cm³/mol. The molecule has 0 atom stereocenters. The highest BCUT2D eigenvalue weighted by molar-refractivity contribution is 9.10. The first-order valence-corrected chi connectivity index (χ1v) is 6.55. The van der Waals surface area contributed by atoms with Gasteiger partial charge in [-0.1, -0.05) is 15.9 Å². The van der Waals surface area contributed by atoms with Gasteiger partial charge in [-0.05, 0) is 55.3 Å². The summed E-state index contributed by atoms with van der Waals surface area (Å²) in [6.07, 6.45) is 0. The van der Waals surface area contributed by atoms with Crippen molar-refractivity contribution in [2.24, 2.45) is 0 Å². The van der Waals surface area contributed by atoms with Gasteiger partial charge in [0.1, 0.15) is 5.75 Å². The number of nitrogen functional groups attached to an aromatic ring is 1. The average Bonchev–Trinajstić information content (AvgIpc) is 2.37. The third-order valence-corrected chi connectivity index (χ3v) is 3.27. The number of nitrogens with two attached hydrogens (primary N) is 1. The van der Waals surface area contributed by atoms with Crippen molar-refractivity contribution in [1.29, 1.82) is 5.26 Å². The van der Waals surface area contributed by atoms with Crippen LogP contribution in [0.4, 0.5) is 5.69 Å². The Kier molecular flexibility index (Phi) is 3.77. The van der Waals surface area contributed by atoms with Crippen molar-refractivity contribution in [2.75, 3.05) is 5.73 Å². The number of nitriles is 1. The largest absolute Gasteiger partial charge is 0.455 e. The first-order chi connectivity index (χ1) is 9.01. The van der Waals surface area contributed by atoms with Gasteiger partial charge in [0.15, 0.2) is 5.75 Å². The van der Waals surface area contributed by atoms with Crippen molar-refractivity contribution in [3.63, 3.8) is 0 Å². The lowest BCUT2D eigenvalue weighted by molar-refractivity contribution is 0.477. The summed E-state index contributed by atoms with van der Waals surface area (Å²) in [5.41, 5.74) is 8.93. The van der Waals surface area contributed by atoms with E-state index in [1.807, 2.05) is 26.0 Å². The molecule has 19 heavy (non-hydrogen) atoms. The molecular weight excluding hydrogens is 304 g/mol. The Hall–Kier alpha value is -1.99. The minimum absolute atomic E-state index is 0.575. The van der Waals surface area contributed by atoms with Gasteiger partial charge in [0.05, 0.1) is 17.3 Å². The Balaban J connectivity index is 2.44. The summed E-state index contributed by atoms with van der Waals surface area (Å²) >= 11 is 3.39. The van der Waals surface area contributed by atoms with Crippen LogP contribution in [0.2, 0.25) is 0 Å². The minimum atomic E-state index is 0.575. The van der Waals surface area contributed by atoms with Gasteiger partial charge < -0.3 is 10.5 Å². The predicted octanol–water partition coefficient (Wildman–Crippen LogP) is 4.31. The number of benzene rings is 2. The fraction of sp³-hybridized carbons (Fsp3) is 0.133. The number of anilines is 1. The quantitative estimate of drug-likeness (QED) is 0.840. The number of hydrogen-bond acceptors (Lipinski definition) is 3. The topological polar surface area (TPSA) is 59.0 Å². The summed E-state index contributed by atoms with van der Waals surface area (Å²) < 4.78 is 6.79. The molecule has 96 valence electrons. The van der Waals surface area contributed by atoms with Gasteiger partial charge in [0, 0.05) is 4.47 Å². The zero-order chi connectivity index (χ0) is 14.0. The van der Waals surface area contributed by atoms with E-state index in [4.69, 9.17) is 15.7 Å². The maximum atomic E-state index is 8.93. The first-order valence-electron chi connectivity index (χ1n) is 5.75. The van der Waals surface area contributed by atoms with Crippen LogP contribution in [-0.4, -0.2) is 0 Å². The van der Waals surface area contributed by atoms with Gasteiger partial charge in [0.2, 0.25) is 0 Å². The highest BCUT2D eigenvalue weighted by atomic mass is 79.9. The lowest BCUT2D eigenvalue weighted by atomic mass is 10.1. The van der Waals surface area contributed by atoms with Crippen molar-refractivity contribution in [3.8, 4) is 17.6 Å². The number of ether oxygens (including phenoxy) is 1. The van der Waals surface area contributed by atoms with Gasteiger partial charge in [0.25, 0.3) is 0 Å². The highest BCUT2D eigenvalue weighted by Gasteiger charge is 2.10. The maximum absolute atomic E-state index is 8.93. The molecule has 2 rings (SSSR count). The third kappa shape index (κ3) is 2.88. The second kappa shape index (κ2) is 5.33. The number of nitrogens with zero attached hydrogens (tertiary/aromatic N) is 1. The van der Waals surface area contributed by atoms with Crippen LogP contribution in [0.25, 0.3) is 0 Å². The van der Waals surface area contributed by atoms with E-state index in [2.05, 4.69) is 22.0 Å². The molecule has 0 aliphatic heterocycles. The zero-order valence-electron chi connectivity index (χ0n) is 10.7. The standard InChI is InChI=1S/C15H13BrN2O/c1-9-5-11(8-17)6-10(2)15(9)19-14-7-12(16)3-4-13(14)18/h3-7H,18H2,1-2H3. The fourth-order valence-electron chi connectivity index (χ4n) is 1.88. The van der Waals surface area contributed by atoms with E-state index >= 15 is 0 Å². The molecular formula is C15H13BrN2O. The van der Waals surface area contributed by atoms with Crippen LogP contribution in [0.5, 0.6) is 11.5 Å². The van der Waals surface area contributed by atoms with Gasteiger partial charge in [-0.3, -0.25) is 0 Å². The molecule has 0 heterocycles. The Bertz CT molecular complexity index is 651. The van der Waals surface area contributed by atoms with Gasteiger partial charge in [-0.15, -0.1) is 0 Å². The molecule has 0 spiro atoms. The SMILES string of the molecule is Cc1cc(C#N)cc(C)c1Oc1cc(Br)ccc1N. The van der Waals surface area contributed by atoms with E-state index in [0.29, 0.717) is 17.0 Å². The summed E-state index contributed by atoms with van der Waals surface area (Å²) in [4.78, 5) is 0. The van der Waals surface area contributed by atoms with Gasteiger partial charge in [-0.2, -0.15) is 5.26 Å². The summed E-state index contributed by atoms with van der Waals surface area (Å²) in [6, 6.07) is 11.2. The second-order valence-electron chi connectivity index (χ2n) is 4.34. The Morgan fingerprint density at radius 3 is 2.37 bits per heavy atom. The number of hydrogen-bond donors (Lipinski definition) is 1. The van der Waals surface area contributed by atoms with Crippen LogP contribution < -0.4 is 10.5 Å². The molecule has 0 aromatic heterocycles. The highest BCUT2D eigenvalue weighted by Crippen LogP contribution is 2.34. The van der Waals surface area contributed by atoms with Crippen LogP contribution in [0.3, 0.4) is 0 Å². The molecule has 3 nitrogen and oxygen atoms in total. The molecule has 0 saturated heterocycles. The summed E-state index contributed by atoms with van der Waals surface area (Å²) in [5.74, 6) is 1.34. The van der Waals surface area contributed by atoms with Crippen LogP contribution >= 0.6 is 15.9 Å². The third-order valence-electron chi connectivity index (χ3n) is 2.78. The minimum Gasteiger partial charge on any atom is -0.455 e. The monoisotopic (exact) mass is 316 g/mol. The normalized spacial score (nSPS) is 10.0. The Morgan fingerprint density at radius 2 is 1.79 bits per heavy atom. The van der Waals surface area contributed by atoms with Crippen LogP contribution in [-0.2, 0) is 0 Å². The molecule has 2 N–H and O–H groups in total. The molecule has 0 saturated carbocycles. The molecule has 0 aliphatic carbocycles. The van der Waals surface area contributed by atoms with E-state index in [1.165, 1.54) is 0 Å². The molecule has 4 heteroatoms. The van der Waals surface area contributed by atoms with Gasteiger partial charge >= 0.3 is 0 Å². The van der Waals surface area contributed by atoms with E-state index in [9.17, 15) is 0 Å². The van der Waals surface area contributed by atoms with Crippen molar-refractivity contribution < 1.29 is 4.74 Å². The van der Waals surface area contributed by atoms with E-state index in [0.717, 1.165) is 21.3 Å². The number of halogens is 1. The second-order valence-corrected chi connectivity index (χ2v) is 5.25. The molecule has 0 radical (unpaired) electrons. The van der Waals surface area contributed by atoms with Crippen LogP contribution in [0, 0.1) is 25.2 Å². The van der Waals surface area contributed by atoms with Crippen molar-refractivity contribution in [3.05, 3.63) is 51.5 Å². The Labute approximate surface area is 120 Å².